The first-order valence-electron chi connectivity index (χ1n) is 7.13. The molecule has 1 aromatic heterocycles. The number of ether oxygens (including phenoxy) is 1. The van der Waals surface area contributed by atoms with E-state index in [1.807, 2.05) is 6.07 Å². The van der Waals surface area contributed by atoms with Crippen LogP contribution in [0.5, 0.6) is 0 Å². The molecular formula is C17H14N4O2. The summed E-state index contributed by atoms with van der Waals surface area (Å²) in [4.78, 5) is 19.3. The second-order valence-electron chi connectivity index (χ2n) is 4.86. The molecule has 6 nitrogen and oxygen atoms in total. The Morgan fingerprint density at radius 1 is 1.35 bits per heavy atom. The van der Waals surface area contributed by atoms with Gasteiger partial charge in [0.2, 0.25) is 5.95 Å². The first kappa shape index (κ1) is 14.6. The van der Waals surface area contributed by atoms with Crippen LogP contribution < -0.4 is 5.32 Å². The molecule has 3 rings (SSSR count). The largest absolute Gasteiger partial charge is 0.462 e. The molecule has 0 saturated heterocycles. The maximum Gasteiger partial charge on any atom is 0.338 e. The number of fused-ring (bicyclic) bond motifs is 1. The van der Waals surface area contributed by atoms with Crippen molar-refractivity contribution < 1.29 is 9.53 Å². The van der Waals surface area contributed by atoms with Crippen molar-refractivity contribution in [3.63, 3.8) is 0 Å². The molecule has 0 aliphatic heterocycles. The van der Waals surface area contributed by atoms with Gasteiger partial charge in [0.1, 0.15) is 0 Å². The monoisotopic (exact) mass is 306 g/mol. The van der Waals surface area contributed by atoms with Gasteiger partial charge in [-0.15, -0.1) is 0 Å². The molecule has 114 valence electrons. The van der Waals surface area contributed by atoms with Gasteiger partial charge in [-0.25, -0.2) is 9.78 Å². The van der Waals surface area contributed by atoms with Gasteiger partial charge in [0.15, 0.2) is 0 Å². The molecule has 1 heterocycles. The highest BCUT2D eigenvalue weighted by Crippen LogP contribution is 2.20. The van der Waals surface area contributed by atoms with Crippen LogP contribution in [-0.2, 0) is 4.74 Å². The zero-order valence-electron chi connectivity index (χ0n) is 12.5. The third kappa shape index (κ3) is 3.14. The Balaban J connectivity index is 1.88. The van der Waals surface area contributed by atoms with Crippen molar-refractivity contribution in [3.05, 3.63) is 53.6 Å². The van der Waals surface area contributed by atoms with Crippen LogP contribution >= 0.6 is 0 Å². The summed E-state index contributed by atoms with van der Waals surface area (Å²) in [5, 5.41) is 12.0. The van der Waals surface area contributed by atoms with Crippen molar-refractivity contribution in [3.8, 4) is 6.07 Å². The first-order valence-corrected chi connectivity index (χ1v) is 7.13. The number of carbonyl (C=O) groups is 1. The maximum atomic E-state index is 11.8. The van der Waals surface area contributed by atoms with E-state index in [-0.39, 0.29) is 5.97 Å². The normalized spacial score (nSPS) is 10.3. The van der Waals surface area contributed by atoms with Crippen molar-refractivity contribution in [2.75, 3.05) is 11.9 Å². The summed E-state index contributed by atoms with van der Waals surface area (Å²) in [5.74, 6) is 0.177. The van der Waals surface area contributed by atoms with Gasteiger partial charge in [0.25, 0.3) is 0 Å². The lowest BCUT2D eigenvalue weighted by Crippen LogP contribution is -2.04. The fourth-order valence-electron chi connectivity index (χ4n) is 2.21. The number of aromatic nitrogens is 2. The molecule has 0 atom stereocenters. The highest BCUT2D eigenvalue weighted by Gasteiger charge is 2.10. The summed E-state index contributed by atoms with van der Waals surface area (Å²) < 4.78 is 4.99. The summed E-state index contributed by atoms with van der Waals surface area (Å²) in [6.07, 6.45) is 0. The number of anilines is 2. The number of imidazole rings is 1. The van der Waals surface area contributed by atoms with Crippen LogP contribution in [0.3, 0.4) is 0 Å². The SMILES string of the molecule is CCOC(=O)c1ccc2nc(Nc3cccc(C#N)c3)[nH]c2c1. The van der Waals surface area contributed by atoms with Gasteiger partial charge in [-0.2, -0.15) is 5.26 Å². The number of H-pyrrole nitrogens is 1. The molecule has 0 saturated carbocycles. The van der Waals surface area contributed by atoms with Gasteiger partial charge < -0.3 is 15.0 Å². The van der Waals surface area contributed by atoms with Gasteiger partial charge in [-0.1, -0.05) is 6.07 Å². The Labute approximate surface area is 132 Å². The predicted octanol–water partition coefficient (Wildman–Crippen LogP) is 3.35. The summed E-state index contributed by atoms with van der Waals surface area (Å²) >= 11 is 0. The first-order chi connectivity index (χ1) is 11.2. The average molecular weight is 306 g/mol. The lowest BCUT2D eigenvalue weighted by Gasteiger charge is -2.02. The fourth-order valence-corrected chi connectivity index (χ4v) is 2.21. The summed E-state index contributed by atoms with van der Waals surface area (Å²) in [6.45, 7) is 2.10. The third-order valence-corrected chi connectivity index (χ3v) is 3.25. The van der Waals surface area contributed by atoms with Crippen molar-refractivity contribution in [2.45, 2.75) is 6.92 Å². The number of nitrogens with zero attached hydrogens (tertiary/aromatic N) is 2. The topological polar surface area (TPSA) is 90.8 Å². The number of benzene rings is 2. The van der Waals surface area contributed by atoms with Crippen molar-refractivity contribution in [2.24, 2.45) is 0 Å². The smallest absolute Gasteiger partial charge is 0.338 e. The Morgan fingerprint density at radius 3 is 3.00 bits per heavy atom. The Kier molecular flexibility index (Phi) is 3.93. The van der Waals surface area contributed by atoms with Crippen LogP contribution in [0.1, 0.15) is 22.8 Å². The molecule has 23 heavy (non-hydrogen) atoms. The van der Waals surface area contributed by atoms with Crippen LogP contribution in [0.25, 0.3) is 11.0 Å². The Bertz CT molecular complexity index is 908. The molecule has 0 radical (unpaired) electrons. The zero-order valence-corrected chi connectivity index (χ0v) is 12.5. The molecule has 6 heteroatoms. The highest BCUT2D eigenvalue weighted by atomic mass is 16.5. The van der Waals surface area contributed by atoms with Crippen LogP contribution in [0.4, 0.5) is 11.6 Å². The van der Waals surface area contributed by atoms with Gasteiger partial charge in [0, 0.05) is 5.69 Å². The predicted molar refractivity (Wildman–Crippen MR) is 86.5 cm³/mol. The second kappa shape index (κ2) is 6.20. The third-order valence-electron chi connectivity index (χ3n) is 3.25. The number of rotatable bonds is 4. The number of esters is 1. The summed E-state index contributed by atoms with van der Waals surface area (Å²) in [7, 11) is 0. The molecule has 0 unspecified atom stereocenters. The van der Waals surface area contributed by atoms with Crippen LogP contribution in [0.2, 0.25) is 0 Å². The molecular weight excluding hydrogens is 292 g/mol. The number of hydrogen-bond donors (Lipinski definition) is 2. The van der Waals surface area contributed by atoms with Crippen LogP contribution in [-0.4, -0.2) is 22.5 Å². The van der Waals surface area contributed by atoms with E-state index in [2.05, 4.69) is 21.4 Å². The second-order valence-corrected chi connectivity index (χ2v) is 4.86. The maximum absolute atomic E-state index is 11.8. The number of nitriles is 1. The fraction of sp³-hybridized carbons (Fsp3) is 0.118. The Morgan fingerprint density at radius 2 is 2.22 bits per heavy atom. The number of carbonyl (C=O) groups excluding carboxylic acids is 1. The lowest BCUT2D eigenvalue weighted by molar-refractivity contribution is 0.0526. The molecule has 0 aliphatic carbocycles. The zero-order chi connectivity index (χ0) is 16.2. The number of nitrogens with one attached hydrogen (secondary N) is 2. The number of hydrogen-bond acceptors (Lipinski definition) is 5. The van der Waals surface area contributed by atoms with E-state index in [4.69, 9.17) is 10.00 Å². The molecule has 0 bridgehead atoms. The average Bonchev–Trinajstić information content (AvgIpc) is 2.96. The van der Waals surface area contributed by atoms with Crippen molar-refractivity contribution >= 4 is 28.6 Å². The van der Waals surface area contributed by atoms with Gasteiger partial charge in [0.05, 0.1) is 34.8 Å². The highest BCUT2D eigenvalue weighted by molar-refractivity contribution is 5.94. The van der Waals surface area contributed by atoms with E-state index < -0.39 is 0 Å². The van der Waals surface area contributed by atoms with E-state index in [1.165, 1.54) is 0 Å². The molecule has 0 amide bonds. The van der Waals surface area contributed by atoms with Crippen LogP contribution in [0.15, 0.2) is 42.5 Å². The quantitative estimate of drug-likeness (QED) is 0.721. The van der Waals surface area contributed by atoms with Gasteiger partial charge in [-0.3, -0.25) is 0 Å². The minimum absolute atomic E-state index is 0.335. The molecule has 2 aromatic carbocycles. The van der Waals surface area contributed by atoms with E-state index in [1.54, 1.807) is 43.3 Å². The standard InChI is InChI=1S/C17H14N4O2/c1-2-23-16(22)12-6-7-14-15(9-12)21-17(20-14)19-13-5-3-4-11(8-13)10-18/h3-9H,2H2,1H3,(H2,19,20,21). The summed E-state index contributed by atoms with van der Waals surface area (Å²) in [5.41, 5.74) is 3.26. The molecule has 2 N–H and O–H groups in total. The number of aromatic amines is 1. The van der Waals surface area contributed by atoms with Crippen molar-refractivity contribution in [1.29, 1.82) is 5.26 Å². The molecule has 0 fully saturated rings. The molecule has 0 spiro atoms. The van der Waals surface area contributed by atoms with Gasteiger partial charge >= 0.3 is 5.97 Å². The van der Waals surface area contributed by atoms with Crippen molar-refractivity contribution in [1.82, 2.24) is 9.97 Å². The van der Waals surface area contributed by atoms with E-state index in [0.717, 1.165) is 16.7 Å². The van der Waals surface area contributed by atoms with Crippen LogP contribution in [0, 0.1) is 11.3 Å². The van der Waals surface area contributed by atoms with E-state index in [9.17, 15) is 4.79 Å². The minimum Gasteiger partial charge on any atom is -0.462 e. The Hall–Kier alpha value is -3.33. The molecule has 0 aliphatic rings. The minimum atomic E-state index is -0.361. The lowest BCUT2D eigenvalue weighted by atomic mass is 10.2. The molecule has 3 aromatic rings. The van der Waals surface area contributed by atoms with E-state index >= 15 is 0 Å². The van der Waals surface area contributed by atoms with E-state index in [0.29, 0.717) is 23.7 Å². The van der Waals surface area contributed by atoms with Gasteiger partial charge in [-0.05, 0) is 43.3 Å². The summed E-state index contributed by atoms with van der Waals surface area (Å²) in [6, 6.07) is 14.3.